The molecule has 7 heteroatoms. The monoisotopic (exact) mass is 444 g/mol. The van der Waals surface area contributed by atoms with E-state index in [1.165, 1.54) is 0 Å². The number of halogens is 2. The molecule has 0 unspecified atom stereocenters. The van der Waals surface area contributed by atoms with Crippen LogP contribution in [0.5, 0.6) is 0 Å². The summed E-state index contributed by atoms with van der Waals surface area (Å²) < 4.78 is 0. The molecule has 1 fully saturated rings. The first kappa shape index (κ1) is 21.0. The van der Waals surface area contributed by atoms with Crippen LogP contribution in [0.3, 0.4) is 0 Å². The third-order valence-corrected chi connectivity index (χ3v) is 6.53. The molecule has 0 radical (unpaired) electrons. The predicted molar refractivity (Wildman–Crippen MR) is 126 cm³/mol. The van der Waals surface area contributed by atoms with Crippen LogP contribution in [-0.4, -0.2) is 55.6 Å². The van der Waals surface area contributed by atoms with E-state index in [2.05, 4.69) is 20.9 Å². The molecule has 3 aromatic rings. The Labute approximate surface area is 187 Å². The molecule has 0 spiro atoms. The van der Waals surface area contributed by atoms with E-state index < -0.39 is 0 Å². The van der Waals surface area contributed by atoms with E-state index in [-0.39, 0.29) is 0 Å². The molecule has 0 aliphatic carbocycles. The standard InChI is InChI=1S/C23H26Cl2N4O/c24-19-7-5-9-21(23(19)25)28-14-12-27(13-15-28)10-3-4-11-29(17-30)22-16-18-6-1-2-8-20(18)26-22/h1-2,5-9,16-17,26H,3-4,10-15H2. The molecule has 2 aromatic carbocycles. The molecule has 5 nitrogen and oxygen atoms in total. The zero-order chi connectivity index (χ0) is 20.9. The van der Waals surface area contributed by atoms with Crippen molar-refractivity contribution in [2.24, 2.45) is 0 Å². The molecule has 1 N–H and O–H groups in total. The summed E-state index contributed by atoms with van der Waals surface area (Å²) in [5.74, 6) is 0.859. The van der Waals surface area contributed by atoms with Crippen LogP contribution in [0.4, 0.5) is 11.5 Å². The summed E-state index contributed by atoms with van der Waals surface area (Å²) in [5, 5.41) is 2.36. The van der Waals surface area contributed by atoms with Gasteiger partial charge in [0.2, 0.25) is 6.41 Å². The summed E-state index contributed by atoms with van der Waals surface area (Å²) in [5.41, 5.74) is 2.07. The number of aromatic nitrogens is 1. The van der Waals surface area contributed by atoms with E-state index in [9.17, 15) is 4.79 Å². The molecular formula is C23H26Cl2N4O. The van der Waals surface area contributed by atoms with Gasteiger partial charge in [-0.25, -0.2) is 0 Å². The number of carbonyl (C=O) groups is 1. The number of unbranched alkanes of at least 4 members (excludes halogenated alkanes) is 1. The van der Waals surface area contributed by atoms with E-state index in [4.69, 9.17) is 23.2 Å². The van der Waals surface area contributed by atoms with E-state index in [0.29, 0.717) is 16.6 Å². The van der Waals surface area contributed by atoms with Crippen molar-refractivity contribution in [2.45, 2.75) is 12.8 Å². The topological polar surface area (TPSA) is 42.6 Å². The highest BCUT2D eigenvalue weighted by molar-refractivity contribution is 6.43. The number of fused-ring (bicyclic) bond motifs is 1. The highest BCUT2D eigenvalue weighted by atomic mass is 35.5. The van der Waals surface area contributed by atoms with Crippen molar-refractivity contribution in [1.82, 2.24) is 9.88 Å². The van der Waals surface area contributed by atoms with Crippen LogP contribution < -0.4 is 9.80 Å². The maximum atomic E-state index is 11.6. The van der Waals surface area contributed by atoms with Gasteiger partial charge in [-0.2, -0.15) is 0 Å². The lowest BCUT2D eigenvalue weighted by atomic mass is 10.2. The van der Waals surface area contributed by atoms with Gasteiger partial charge in [-0.1, -0.05) is 47.5 Å². The second-order valence-corrected chi connectivity index (χ2v) is 8.43. The second kappa shape index (κ2) is 9.73. The van der Waals surface area contributed by atoms with Crippen molar-refractivity contribution in [3.05, 3.63) is 58.6 Å². The van der Waals surface area contributed by atoms with Gasteiger partial charge in [0.15, 0.2) is 0 Å². The third-order valence-electron chi connectivity index (χ3n) is 5.72. The molecule has 0 bridgehead atoms. The Morgan fingerprint density at radius 3 is 2.57 bits per heavy atom. The Hall–Kier alpha value is -2.21. The SMILES string of the molecule is O=CN(CCCCN1CCN(c2cccc(Cl)c2Cl)CC1)c1cc2ccccc2[nH]1. The van der Waals surface area contributed by atoms with Crippen molar-refractivity contribution >= 4 is 52.0 Å². The molecule has 1 saturated heterocycles. The van der Waals surface area contributed by atoms with Gasteiger partial charge in [-0.05, 0) is 43.7 Å². The number of amides is 1. The Balaban J connectivity index is 1.22. The maximum Gasteiger partial charge on any atom is 0.215 e. The first-order chi connectivity index (χ1) is 14.7. The average molecular weight is 445 g/mol. The Bertz CT molecular complexity index is 965. The van der Waals surface area contributed by atoms with Crippen molar-refractivity contribution < 1.29 is 4.79 Å². The largest absolute Gasteiger partial charge is 0.368 e. The minimum atomic E-state index is 0.603. The number of H-pyrrole nitrogens is 1. The summed E-state index contributed by atoms with van der Waals surface area (Å²) >= 11 is 12.5. The van der Waals surface area contributed by atoms with Gasteiger partial charge < -0.3 is 14.8 Å². The molecule has 1 aromatic heterocycles. The predicted octanol–water partition coefficient (Wildman–Crippen LogP) is 5.04. The maximum absolute atomic E-state index is 11.6. The number of anilines is 2. The van der Waals surface area contributed by atoms with Crippen LogP contribution in [0.2, 0.25) is 10.0 Å². The van der Waals surface area contributed by atoms with Crippen LogP contribution in [-0.2, 0) is 4.79 Å². The molecular weight excluding hydrogens is 419 g/mol. The zero-order valence-electron chi connectivity index (χ0n) is 16.9. The molecule has 0 atom stereocenters. The number of nitrogens with zero attached hydrogens (tertiary/aromatic N) is 3. The number of carbonyl (C=O) groups excluding carboxylic acids is 1. The third kappa shape index (κ3) is 4.75. The number of nitrogens with one attached hydrogen (secondary N) is 1. The molecule has 1 amide bonds. The van der Waals surface area contributed by atoms with Gasteiger partial charge in [-0.15, -0.1) is 0 Å². The molecule has 30 heavy (non-hydrogen) atoms. The molecule has 0 saturated carbocycles. The smallest absolute Gasteiger partial charge is 0.215 e. The minimum absolute atomic E-state index is 0.603. The van der Waals surface area contributed by atoms with E-state index in [1.807, 2.05) is 42.5 Å². The highest BCUT2D eigenvalue weighted by Gasteiger charge is 2.19. The lowest BCUT2D eigenvalue weighted by molar-refractivity contribution is -0.107. The summed E-state index contributed by atoms with van der Waals surface area (Å²) in [7, 11) is 0. The lowest BCUT2D eigenvalue weighted by Gasteiger charge is -2.36. The summed E-state index contributed by atoms with van der Waals surface area (Å²) in [6.07, 6.45) is 2.94. The summed E-state index contributed by atoms with van der Waals surface area (Å²) in [6, 6.07) is 15.9. The van der Waals surface area contributed by atoms with Crippen molar-refractivity contribution in [2.75, 3.05) is 49.1 Å². The minimum Gasteiger partial charge on any atom is -0.368 e. The zero-order valence-corrected chi connectivity index (χ0v) is 18.4. The van der Waals surface area contributed by atoms with Crippen LogP contribution in [0.15, 0.2) is 48.5 Å². The fourth-order valence-corrected chi connectivity index (χ4v) is 4.42. The molecule has 1 aliphatic heterocycles. The van der Waals surface area contributed by atoms with Gasteiger partial charge in [0, 0.05) is 43.6 Å². The number of aromatic amines is 1. The number of para-hydroxylation sites is 1. The number of piperazine rings is 1. The van der Waals surface area contributed by atoms with Gasteiger partial charge in [0.25, 0.3) is 0 Å². The van der Waals surface area contributed by atoms with Gasteiger partial charge in [0.05, 0.1) is 15.7 Å². The highest BCUT2D eigenvalue weighted by Crippen LogP contribution is 2.32. The lowest BCUT2D eigenvalue weighted by Crippen LogP contribution is -2.46. The van der Waals surface area contributed by atoms with Gasteiger partial charge >= 0.3 is 0 Å². The van der Waals surface area contributed by atoms with E-state index in [1.54, 1.807) is 4.90 Å². The summed E-state index contributed by atoms with van der Waals surface area (Å²) in [6.45, 7) is 5.64. The van der Waals surface area contributed by atoms with Crippen molar-refractivity contribution in [3.63, 3.8) is 0 Å². The number of hydrogen-bond donors (Lipinski definition) is 1. The van der Waals surface area contributed by atoms with E-state index in [0.717, 1.165) is 74.4 Å². The Kier molecular flexibility index (Phi) is 6.82. The average Bonchev–Trinajstić information content (AvgIpc) is 3.20. The molecule has 2 heterocycles. The second-order valence-electron chi connectivity index (χ2n) is 7.65. The Morgan fingerprint density at radius 1 is 1.00 bits per heavy atom. The van der Waals surface area contributed by atoms with Crippen LogP contribution in [0, 0.1) is 0 Å². The molecule has 4 rings (SSSR count). The number of hydrogen-bond acceptors (Lipinski definition) is 3. The van der Waals surface area contributed by atoms with Gasteiger partial charge in [0.1, 0.15) is 5.82 Å². The fourth-order valence-electron chi connectivity index (χ4n) is 4.01. The van der Waals surface area contributed by atoms with Crippen molar-refractivity contribution in [1.29, 1.82) is 0 Å². The normalized spacial score (nSPS) is 14.9. The Morgan fingerprint density at radius 2 is 1.80 bits per heavy atom. The quantitative estimate of drug-likeness (QED) is 0.390. The number of rotatable bonds is 8. The number of benzene rings is 2. The summed E-state index contributed by atoms with van der Waals surface area (Å²) in [4.78, 5) is 21.4. The first-order valence-electron chi connectivity index (χ1n) is 10.4. The first-order valence-corrected chi connectivity index (χ1v) is 11.1. The van der Waals surface area contributed by atoms with Crippen LogP contribution in [0.25, 0.3) is 10.9 Å². The molecule has 158 valence electrons. The van der Waals surface area contributed by atoms with Crippen LogP contribution in [0.1, 0.15) is 12.8 Å². The van der Waals surface area contributed by atoms with E-state index >= 15 is 0 Å². The van der Waals surface area contributed by atoms with Crippen molar-refractivity contribution in [3.8, 4) is 0 Å². The fraction of sp³-hybridized carbons (Fsp3) is 0.348. The van der Waals surface area contributed by atoms with Crippen LogP contribution >= 0.6 is 23.2 Å². The van der Waals surface area contributed by atoms with Gasteiger partial charge in [-0.3, -0.25) is 9.69 Å². The molecule has 1 aliphatic rings.